The summed E-state index contributed by atoms with van der Waals surface area (Å²) in [6, 6.07) is 17.7. The molecule has 0 aromatic heterocycles. The van der Waals surface area contributed by atoms with Gasteiger partial charge in [0.25, 0.3) is 5.24 Å². The van der Waals surface area contributed by atoms with Crippen LogP contribution in [0.25, 0.3) is 0 Å². The second-order valence-electron chi connectivity index (χ2n) is 3.74. The van der Waals surface area contributed by atoms with Crippen molar-refractivity contribution in [1.82, 2.24) is 0 Å². The van der Waals surface area contributed by atoms with Gasteiger partial charge in [-0.3, -0.25) is 4.79 Å². The summed E-state index contributed by atoms with van der Waals surface area (Å²) in [7, 11) is -1.34. The molecule has 0 saturated heterocycles. The molecule has 0 fully saturated rings. The third kappa shape index (κ3) is 6.94. The molecule has 2 aromatic carbocycles. The molecule has 0 radical (unpaired) electrons. The minimum atomic E-state index is -1.34. The Hall–Kier alpha value is -1.82. The van der Waals surface area contributed by atoms with Crippen molar-refractivity contribution in [3.8, 4) is 5.75 Å². The smallest absolute Gasteiger partial charge is 0.484 e. The fraction of sp³-hybridized carbons (Fsp3) is 0.0714. The Bertz CT molecular complexity index is 505. The van der Waals surface area contributed by atoms with Crippen LogP contribution in [-0.4, -0.2) is 29.0 Å². The van der Waals surface area contributed by atoms with Crippen LogP contribution < -0.4 is 10.2 Å². The highest BCUT2D eigenvalue weighted by atomic mass is 35.5. The van der Waals surface area contributed by atoms with Gasteiger partial charge in [0.2, 0.25) is 0 Å². The lowest BCUT2D eigenvalue weighted by Gasteiger charge is -2.00. The van der Waals surface area contributed by atoms with E-state index in [0.717, 1.165) is 0 Å². The van der Waals surface area contributed by atoms with Crippen LogP contribution in [0.15, 0.2) is 60.7 Å². The Labute approximate surface area is 122 Å². The zero-order valence-corrected chi connectivity index (χ0v) is 11.4. The van der Waals surface area contributed by atoms with Gasteiger partial charge >= 0.3 is 7.12 Å². The fourth-order valence-corrected chi connectivity index (χ4v) is 1.34. The summed E-state index contributed by atoms with van der Waals surface area (Å²) >= 11 is 5.06. The number of hydrogen-bond donors (Lipinski definition) is 2. The Morgan fingerprint density at radius 2 is 1.50 bits per heavy atom. The molecule has 0 atom stereocenters. The van der Waals surface area contributed by atoms with Crippen LogP contribution in [-0.2, 0) is 4.79 Å². The molecule has 4 nitrogen and oxygen atoms in total. The molecule has 2 N–H and O–H groups in total. The third-order valence-electron chi connectivity index (χ3n) is 2.19. The molecule has 0 heterocycles. The maximum absolute atomic E-state index is 10.3. The molecule has 0 saturated carbocycles. The second kappa shape index (κ2) is 9.15. The molecule has 104 valence electrons. The minimum Gasteiger partial charge on any atom is -0.484 e. The predicted octanol–water partition coefficient (Wildman–Crippen LogP) is 1.20. The van der Waals surface area contributed by atoms with E-state index < -0.39 is 12.4 Å². The number of carbonyl (C=O) groups excluding carboxylic acids is 1. The number of benzene rings is 2. The minimum absolute atomic E-state index is 0.0778. The topological polar surface area (TPSA) is 66.8 Å². The van der Waals surface area contributed by atoms with Crippen molar-refractivity contribution in [1.29, 1.82) is 0 Å². The van der Waals surface area contributed by atoms with Crippen LogP contribution in [0.5, 0.6) is 5.75 Å². The largest absolute Gasteiger partial charge is 0.488 e. The molecular formula is C14H14BClO4. The number of ether oxygens (including phenoxy) is 1. The van der Waals surface area contributed by atoms with Gasteiger partial charge in [0.05, 0.1) is 0 Å². The monoisotopic (exact) mass is 292 g/mol. The van der Waals surface area contributed by atoms with Gasteiger partial charge in [-0.15, -0.1) is 0 Å². The zero-order valence-electron chi connectivity index (χ0n) is 10.6. The van der Waals surface area contributed by atoms with Gasteiger partial charge in [-0.25, -0.2) is 0 Å². The van der Waals surface area contributed by atoms with E-state index in [-0.39, 0.29) is 6.61 Å². The molecule has 0 aliphatic rings. The second-order valence-corrected chi connectivity index (χ2v) is 4.16. The Morgan fingerprint density at radius 3 is 1.90 bits per heavy atom. The highest BCUT2D eigenvalue weighted by Gasteiger charge is 2.07. The summed E-state index contributed by atoms with van der Waals surface area (Å²) in [5.74, 6) is 0.654. The summed E-state index contributed by atoms with van der Waals surface area (Å²) in [4.78, 5) is 10.3. The first-order valence-electron chi connectivity index (χ1n) is 5.87. The van der Waals surface area contributed by atoms with Gasteiger partial charge in [-0.05, 0) is 29.2 Å². The molecule has 2 rings (SSSR count). The number of halogens is 1. The van der Waals surface area contributed by atoms with Crippen molar-refractivity contribution in [3.63, 3.8) is 0 Å². The molecule has 2 aromatic rings. The van der Waals surface area contributed by atoms with E-state index in [1.165, 1.54) is 0 Å². The van der Waals surface area contributed by atoms with Crippen LogP contribution in [0.3, 0.4) is 0 Å². The molecular weight excluding hydrogens is 278 g/mol. The van der Waals surface area contributed by atoms with Crippen molar-refractivity contribution < 1.29 is 19.6 Å². The molecule has 0 unspecified atom stereocenters. The molecule has 0 spiro atoms. The normalized spacial score (nSPS) is 9.15. The number of hydrogen-bond acceptors (Lipinski definition) is 4. The summed E-state index contributed by atoms with van der Waals surface area (Å²) < 4.78 is 4.99. The van der Waals surface area contributed by atoms with Gasteiger partial charge in [0, 0.05) is 0 Å². The van der Waals surface area contributed by atoms with Crippen LogP contribution in [0, 0.1) is 0 Å². The van der Waals surface area contributed by atoms with E-state index in [0.29, 0.717) is 11.2 Å². The lowest BCUT2D eigenvalue weighted by molar-refractivity contribution is -0.113. The number of carbonyl (C=O) groups is 1. The average Bonchev–Trinajstić information content (AvgIpc) is 2.48. The van der Waals surface area contributed by atoms with Gasteiger partial charge in [0.1, 0.15) is 5.75 Å². The van der Waals surface area contributed by atoms with Crippen molar-refractivity contribution >= 4 is 29.4 Å². The molecule has 20 heavy (non-hydrogen) atoms. The molecule has 0 amide bonds. The molecule has 0 bridgehead atoms. The Morgan fingerprint density at radius 1 is 1.00 bits per heavy atom. The molecule has 0 aliphatic carbocycles. The van der Waals surface area contributed by atoms with Crippen molar-refractivity contribution in [3.05, 3.63) is 60.7 Å². The summed E-state index contributed by atoms with van der Waals surface area (Å²) in [6.45, 7) is -0.0778. The highest BCUT2D eigenvalue weighted by molar-refractivity contribution is 6.63. The number of rotatable bonds is 4. The Kier molecular flexibility index (Phi) is 7.43. The lowest BCUT2D eigenvalue weighted by atomic mass is 9.81. The van der Waals surface area contributed by atoms with E-state index in [9.17, 15) is 4.79 Å². The van der Waals surface area contributed by atoms with Crippen LogP contribution in [0.2, 0.25) is 0 Å². The third-order valence-corrected chi connectivity index (χ3v) is 2.30. The first-order chi connectivity index (χ1) is 9.59. The van der Waals surface area contributed by atoms with Crippen LogP contribution >= 0.6 is 11.6 Å². The van der Waals surface area contributed by atoms with E-state index in [2.05, 4.69) is 0 Å². The van der Waals surface area contributed by atoms with Crippen LogP contribution in [0.4, 0.5) is 0 Å². The van der Waals surface area contributed by atoms with Crippen LogP contribution in [0.1, 0.15) is 0 Å². The van der Waals surface area contributed by atoms with Gasteiger partial charge in [-0.1, -0.05) is 48.5 Å². The Balaban J connectivity index is 0.000000204. The lowest BCUT2D eigenvalue weighted by Crippen LogP contribution is -2.29. The number of para-hydroxylation sites is 1. The fourth-order valence-electron chi connectivity index (χ4n) is 1.28. The molecule has 6 heteroatoms. The maximum atomic E-state index is 10.3. The van der Waals surface area contributed by atoms with E-state index >= 15 is 0 Å². The standard InChI is InChI=1S/C8H7ClO2.C6H7BO2/c9-8(10)6-11-7-4-2-1-3-5-7;8-7(9)6-4-2-1-3-5-6/h1-5H,6H2;1-5,8-9H. The highest BCUT2D eigenvalue weighted by Crippen LogP contribution is 2.07. The van der Waals surface area contributed by atoms with E-state index in [1.54, 1.807) is 36.4 Å². The predicted molar refractivity (Wildman–Crippen MR) is 79.1 cm³/mol. The van der Waals surface area contributed by atoms with E-state index in [1.807, 2.05) is 24.3 Å². The van der Waals surface area contributed by atoms with Gasteiger partial charge in [0.15, 0.2) is 6.61 Å². The van der Waals surface area contributed by atoms with E-state index in [4.69, 9.17) is 26.4 Å². The van der Waals surface area contributed by atoms with Crippen molar-refractivity contribution in [2.45, 2.75) is 0 Å². The van der Waals surface area contributed by atoms with Crippen molar-refractivity contribution in [2.24, 2.45) is 0 Å². The molecule has 0 aliphatic heterocycles. The first kappa shape index (κ1) is 16.2. The summed E-state index contributed by atoms with van der Waals surface area (Å²) in [5.41, 5.74) is 0.525. The first-order valence-corrected chi connectivity index (χ1v) is 6.24. The summed E-state index contributed by atoms with van der Waals surface area (Å²) in [6.07, 6.45) is 0. The van der Waals surface area contributed by atoms with Crippen molar-refractivity contribution in [2.75, 3.05) is 6.61 Å². The maximum Gasteiger partial charge on any atom is 0.488 e. The average molecular weight is 293 g/mol. The van der Waals surface area contributed by atoms with Gasteiger partial charge < -0.3 is 14.8 Å². The summed E-state index contributed by atoms with van der Waals surface area (Å²) in [5, 5.41) is 16.7. The quantitative estimate of drug-likeness (QED) is 0.656. The SMILES string of the molecule is O=C(Cl)COc1ccccc1.OB(O)c1ccccc1. The van der Waals surface area contributed by atoms with Gasteiger partial charge in [-0.2, -0.15) is 0 Å². The zero-order chi connectivity index (χ0) is 14.8.